The molecule has 0 radical (unpaired) electrons. The Labute approximate surface area is 120 Å². The first-order chi connectivity index (χ1) is 9.55. The van der Waals surface area contributed by atoms with Crippen LogP contribution in [-0.2, 0) is 4.79 Å². The van der Waals surface area contributed by atoms with Gasteiger partial charge in [0.1, 0.15) is 12.4 Å². The number of aryl methyl sites for hydroxylation is 1. The molecule has 110 valence electrons. The number of rotatable bonds is 6. The average molecular weight is 276 g/mol. The van der Waals surface area contributed by atoms with Crippen LogP contribution in [0.2, 0.25) is 0 Å². The summed E-state index contributed by atoms with van der Waals surface area (Å²) >= 11 is 0. The zero-order valence-electron chi connectivity index (χ0n) is 12.3. The second-order valence-corrected chi connectivity index (χ2v) is 5.92. The van der Waals surface area contributed by atoms with Crippen LogP contribution >= 0.6 is 0 Å². The zero-order chi connectivity index (χ0) is 14.6. The minimum atomic E-state index is -0.331. The van der Waals surface area contributed by atoms with E-state index in [0.29, 0.717) is 25.6 Å². The van der Waals surface area contributed by atoms with Gasteiger partial charge in [-0.25, -0.2) is 0 Å². The van der Waals surface area contributed by atoms with Gasteiger partial charge >= 0.3 is 0 Å². The van der Waals surface area contributed by atoms with Crippen LogP contribution in [0, 0.1) is 18.3 Å². The van der Waals surface area contributed by atoms with E-state index in [1.165, 1.54) is 0 Å². The van der Waals surface area contributed by atoms with E-state index in [-0.39, 0.29) is 11.3 Å². The van der Waals surface area contributed by atoms with Crippen molar-refractivity contribution >= 4 is 5.91 Å². The van der Waals surface area contributed by atoms with Crippen LogP contribution in [-0.4, -0.2) is 25.6 Å². The topological polar surface area (TPSA) is 64.3 Å². The van der Waals surface area contributed by atoms with Crippen molar-refractivity contribution in [1.29, 1.82) is 0 Å². The van der Waals surface area contributed by atoms with Gasteiger partial charge in [-0.3, -0.25) is 4.79 Å². The quantitative estimate of drug-likeness (QED) is 0.780. The molecular weight excluding hydrogens is 252 g/mol. The molecule has 0 atom stereocenters. The second kappa shape index (κ2) is 6.27. The second-order valence-electron chi connectivity index (χ2n) is 5.92. The first-order valence-corrected chi connectivity index (χ1v) is 7.23. The first kappa shape index (κ1) is 14.9. The molecule has 0 unspecified atom stereocenters. The van der Waals surface area contributed by atoms with Crippen molar-refractivity contribution in [2.75, 3.05) is 19.7 Å². The third-order valence-corrected chi connectivity index (χ3v) is 4.00. The van der Waals surface area contributed by atoms with E-state index in [1.807, 2.05) is 31.2 Å². The predicted molar refractivity (Wildman–Crippen MR) is 79.6 cm³/mol. The van der Waals surface area contributed by atoms with Gasteiger partial charge in [-0.15, -0.1) is 0 Å². The molecule has 1 amide bonds. The Balaban J connectivity index is 1.72. The summed E-state index contributed by atoms with van der Waals surface area (Å²) in [5.74, 6) is 1.52. The van der Waals surface area contributed by atoms with Crippen molar-refractivity contribution in [3.05, 3.63) is 29.8 Å². The van der Waals surface area contributed by atoms with Gasteiger partial charge in [0.25, 0.3) is 0 Å². The van der Waals surface area contributed by atoms with Crippen molar-refractivity contribution in [1.82, 2.24) is 5.32 Å². The fourth-order valence-electron chi connectivity index (χ4n) is 2.95. The Hall–Kier alpha value is -1.55. The summed E-state index contributed by atoms with van der Waals surface area (Å²) in [5, 5.41) is 2.94. The number of ether oxygens (including phenoxy) is 1. The van der Waals surface area contributed by atoms with Gasteiger partial charge in [0, 0.05) is 6.54 Å². The van der Waals surface area contributed by atoms with Crippen LogP contribution in [0.5, 0.6) is 5.75 Å². The average Bonchev–Trinajstić information content (AvgIpc) is 2.39. The number of nitrogens with two attached hydrogens (primary N) is 1. The van der Waals surface area contributed by atoms with Crippen LogP contribution < -0.4 is 15.8 Å². The number of carbonyl (C=O) groups excluding carboxylic acids is 1. The molecule has 4 nitrogen and oxygen atoms in total. The number of nitrogens with one attached hydrogen (secondary N) is 1. The maximum atomic E-state index is 12.1. The summed E-state index contributed by atoms with van der Waals surface area (Å²) in [6, 6.07) is 7.89. The molecule has 20 heavy (non-hydrogen) atoms. The van der Waals surface area contributed by atoms with Gasteiger partial charge in [0.15, 0.2) is 0 Å². The smallest absolute Gasteiger partial charge is 0.227 e. The lowest BCUT2D eigenvalue weighted by molar-refractivity contribution is -0.138. The van der Waals surface area contributed by atoms with E-state index in [1.54, 1.807) is 0 Å². The van der Waals surface area contributed by atoms with Gasteiger partial charge in [-0.1, -0.05) is 19.1 Å². The van der Waals surface area contributed by atoms with Crippen LogP contribution in [0.3, 0.4) is 0 Å². The summed E-state index contributed by atoms with van der Waals surface area (Å²) < 4.78 is 5.61. The fraction of sp³-hybridized carbons (Fsp3) is 0.562. The zero-order valence-corrected chi connectivity index (χ0v) is 12.3. The van der Waals surface area contributed by atoms with Gasteiger partial charge in [0.2, 0.25) is 5.91 Å². The summed E-state index contributed by atoms with van der Waals surface area (Å²) in [7, 11) is 0. The molecule has 3 N–H and O–H groups in total. The maximum absolute atomic E-state index is 12.1. The molecule has 0 saturated heterocycles. The highest BCUT2D eigenvalue weighted by atomic mass is 16.5. The Morgan fingerprint density at radius 2 is 2.25 bits per heavy atom. The van der Waals surface area contributed by atoms with Crippen LogP contribution in [0.1, 0.15) is 25.3 Å². The molecule has 4 heteroatoms. The molecule has 1 saturated carbocycles. The number of benzene rings is 1. The number of amides is 1. The Morgan fingerprint density at radius 1 is 1.50 bits per heavy atom. The number of hydrogen-bond acceptors (Lipinski definition) is 3. The molecule has 1 aliphatic rings. The summed E-state index contributed by atoms with van der Waals surface area (Å²) in [6.07, 6.45) is 1.79. The number of carbonyl (C=O) groups is 1. The van der Waals surface area contributed by atoms with Crippen molar-refractivity contribution in [3.63, 3.8) is 0 Å². The van der Waals surface area contributed by atoms with Gasteiger partial charge in [-0.2, -0.15) is 0 Å². The third kappa shape index (κ3) is 3.31. The summed E-state index contributed by atoms with van der Waals surface area (Å²) in [5.41, 5.74) is 6.59. The largest absolute Gasteiger partial charge is 0.492 e. The highest BCUT2D eigenvalue weighted by molar-refractivity contribution is 5.83. The van der Waals surface area contributed by atoms with Crippen LogP contribution in [0.15, 0.2) is 24.3 Å². The highest BCUT2D eigenvalue weighted by Gasteiger charge is 2.46. The predicted octanol–water partition coefficient (Wildman–Crippen LogP) is 1.87. The molecule has 0 aliphatic heterocycles. The van der Waals surface area contributed by atoms with E-state index in [4.69, 9.17) is 10.5 Å². The van der Waals surface area contributed by atoms with E-state index < -0.39 is 0 Å². The number of hydrogen-bond donors (Lipinski definition) is 2. The lowest BCUT2D eigenvalue weighted by atomic mass is 9.62. The molecule has 0 bridgehead atoms. The molecule has 1 fully saturated rings. The van der Waals surface area contributed by atoms with E-state index >= 15 is 0 Å². The highest BCUT2D eigenvalue weighted by Crippen LogP contribution is 2.44. The minimum absolute atomic E-state index is 0.0749. The lowest BCUT2D eigenvalue weighted by Crippen LogP contribution is -2.53. The standard InChI is InChI=1S/C16H24N2O2/c1-12-4-3-5-14(8-12)20-7-6-18-15(19)16(11-17)9-13(2)10-16/h3-5,8,13H,6-7,9-11,17H2,1-2H3,(H,18,19). The van der Waals surface area contributed by atoms with Crippen molar-refractivity contribution in [2.45, 2.75) is 26.7 Å². The third-order valence-electron chi connectivity index (χ3n) is 4.00. The van der Waals surface area contributed by atoms with Gasteiger partial charge in [0.05, 0.1) is 12.0 Å². The SMILES string of the molecule is Cc1cccc(OCCNC(=O)C2(CN)CC(C)C2)c1. The van der Waals surface area contributed by atoms with E-state index in [2.05, 4.69) is 12.2 Å². The van der Waals surface area contributed by atoms with Crippen LogP contribution in [0.25, 0.3) is 0 Å². The summed E-state index contributed by atoms with van der Waals surface area (Å²) in [6.45, 7) is 5.61. The van der Waals surface area contributed by atoms with Crippen molar-refractivity contribution in [3.8, 4) is 5.75 Å². The van der Waals surface area contributed by atoms with E-state index in [0.717, 1.165) is 24.2 Å². The molecule has 1 aromatic carbocycles. The summed E-state index contributed by atoms with van der Waals surface area (Å²) in [4.78, 5) is 12.1. The Morgan fingerprint density at radius 3 is 2.85 bits per heavy atom. The minimum Gasteiger partial charge on any atom is -0.492 e. The normalized spacial score (nSPS) is 24.9. The Kier molecular flexibility index (Phi) is 4.65. The first-order valence-electron chi connectivity index (χ1n) is 7.23. The molecule has 2 rings (SSSR count). The van der Waals surface area contributed by atoms with Crippen molar-refractivity contribution < 1.29 is 9.53 Å². The Bertz CT molecular complexity index is 467. The molecule has 0 heterocycles. The fourth-order valence-corrected chi connectivity index (χ4v) is 2.95. The molecular formula is C16H24N2O2. The molecule has 1 aromatic rings. The molecule has 0 spiro atoms. The molecule has 1 aliphatic carbocycles. The molecule has 0 aromatic heterocycles. The van der Waals surface area contributed by atoms with Crippen molar-refractivity contribution in [2.24, 2.45) is 17.1 Å². The lowest BCUT2D eigenvalue weighted by Gasteiger charge is -2.44. The monoisotopic (exact) mass is 276 g/mol. The van der Waals surface area contributed by atoms with Gasteiger partial charge in [-0.05, 0) is 43.4 Å². The van der Waals surface area contributed by atoms with Crippen LogP contribution in [0.4, 0.5) is 0 Å². The maximum Gasteiger partial charge on any atom is 0.227 e. The van der Waals surface area contributed by atoms with E-state index in [9.17, 15) is 4.79 Å². The van der Waals surface area contributed by atoms with Gasteiger partial charge < -0.3 is 15.8 Å².